The van der Waals surface area contributed by atoms with Crippen LogP contribution in [0, 0.1) is 6.92 Å². The molecule has 1 aromatic rings. The molecule has 2 rings (SSSR count). The summed E-state index contributed by atoms with van der Waals surface area (Å²) in [7, 11) is 1.19. The number of likely N-dealkylation sites (N-methyl/N-ethyl adjacent to an activating group) is 1. The van der Waals surface area contributed by atoms with Crippen molar-refractivity contribution in [2.45, 2.75) is 25.1 Å². The van der Waals surface area contributed by atoms with Crippen molar-refractivity contribution in [1.29, 1.82) is 0 Å². The summed E-state index contributed by atoms with van der Waals surface area (Å²) in [4.78, 5) is 11.7. The minimum atomic E-state index is -4.93. The monoisotopic (exact) mass is 400 g/mol. The number of carboxylic acids is 1. The highest BCUT2D eigenvalue weighted by Crippen LogP contribution is 2.34. The van der Waals surface area contributed by atoms with Gasteiger partial charge in [-0.15, -0.1) is 13.2 Å². The average Bonchev–Trinajstić information content (AvgIpc) is 2.47. The SMILES string of the molecule is Cc1cc(OC(F)(F)F)ccc1OC1(C(=O)O)C=C(C(F)(F)F)NN(C)C1. The van der Waals surface area contributed by atoms with Gasteiger partial charge in [0.25, 0.3) is 0 Å². The van der Waals surface area contributed by atoms with Gasteiger partial charge in [0.2, 0.25) is 5.60 Å². The van der Waals surface area contributed by atoms with Gasteiger partial charge < -0.3 is 20.0 Å². The normalized spacial score (nSPS) is 21.3. The number of halogens is 6. The van der Waals surface area contributed by atoms with Crippen LogP contribution in [0.15, 0.2) is 30.0 Å². The number of allylic oxidation sites excluding steroid dienone is 1. The maximum atomic E-state index is 13.0. The zero-order chi connectivity index (χ0) is 20.6. The summed E-state index contributed by atoms with van der Waals surface area (Å²) < 4.78 is 84.9. The van der Waals surface area contributed by atoms with Gasteiger partial charge in [0.05, 0.1) is 6.54 Å². The van der Waals surface area contributed by atoms with Crippen LogP contribution in [-0.4, -0.2) is 47.8 Å². The number of hydrogen-bond acceptors (Lipinski definition) is 5. The molecule has 150 valence electrons. The lowest BCUT2D eigenvalue weighted by Crippen LogP contribution is -2.59. The number of hydrazine groups is 1. The third kappa shape index (κ3) is 4.96. The van der Waals surface area contributed by atoms with Gasteiger partial charge >= 0.3 is 18.5 Å². The Labute approximate surface area is 148 Å². The molecule has 0 bridgehead atoms. The smallest absolute Gasteiger partial charge is 0.478 e. The van der Waals surface area contributed by atoms with Crippen LogP contribution in [0.5, 0.6) is 11.5 Å². The van der Waals surface area contributed by atoms with Gasteiger partial charge in [-0.3, -0.25) is 0 Å². The van der Waals surface area contributed by atoms with Crippen LogP contribution in [0.2, 0.25) is 0 Å². The Morgan fingerprint density at radius 1 is 1.26 bits per heavy atom. The highest BCUT2D eigenvalue weighted by Gasteiger charge is 2.49. The van der Waals surface area contributed by atoms with E-state index in [1.807, 2.05) is 5.43 Å². The first-order valence-electron chi connectivity index (χ1n) is 7.28. The molecule has 0 aromatic heterocycles. The van der Waals surface area contributed by atoms with Gasteiger partial charge in [0.1, 0.15) is 17.2 Å². The van der Waals surface area contributed by atoms with Crippen LogP contribution >= 0.6 is 0 Å². The van der Waals surface area contributed by atoms with E-state index in [0.29, 0.717) is 6.08 Å². The Morgan fingerprint density at radius 3 is 2.37 bits per heavy atom. The molecule has 0 saturated carbocycles. The summed E-state index contributed by atoms with van der Waals surface area (Å²) in [5.41, 5.74) is -1.73. The van der Waals surface area contributed by atoms with E-state index in [2.05, 4.69) is 4.74 Å². The van der Waals surface area contributed by atoms with Crippen molar-refractivity contribution in [1.82, 2.24) is 10.4 Å². The lowest BCUT2D eigenvalue weighted by Gasteiger charge is -2.38. The summed E-state index contributed by atoms with van der Waals surface area (Å²) in [6.45, 7) is 0.801. The van der Waals surface area contributed by atoms with E-state index >= 15 is 0 Å². The number of nitrogens with one attached hydrogen (secondary N) is 1. The number of carboxylic acid groups (broad SMARTS) is 1. The molecule has 0 radical (unpaired) electrons. The minimum Gasteiger partial charge on any atom is -0.478 e. The molecule has 27 heavy (non-hydrogen) atoms. The van der Waals surface area contributed by atoms with Crippen LogP contribution in [0.4, 0.5) is 26.3 Å². The molecular formula is C15H14F6N2O4. The van der Waals surface area contributed by atoms with Crippen molar-refractivity contribution in [2.75, 3.05) is 13.6 Å². The second-order valence-electron chi connectivity index (χ2n) is 5.80. The zero-order valence-corrected chi connectivity index (χ0v) is 13.9. The number of nitrogens with zero attached hydrogens (tertiary/aromatic N) is 1. The van der Waals surface area contributed by atoms with Crippen LogP contribution in [-0.2, 0) is 4.79 Å². The Hall–Kier alpha value is -2.63. The Balaban J connectivity index is 2.40. The maximum absolute atomic E-state index is 13.0. The molecule has 1 aliphatic rings. The maximum Gasteiger partial charge on any atom is 0.573 e. The van der Waals surface area contributed by atoms with Crippen molar-refractivity contribution in [3.05, 3.63) is 35.5 Å². The molecule has 0 fully saturated rings. The van der Waals surface area contributed by atoms with E-state index in [1.54, 1.807) is 0 Å². The van der Waals surface area contributed by atoms with Crippen molar-refractivity contribution < 1.29 is 45.7 Å². The number of ether oxygens (including phenoxy) is 2. The fraction of sp³-hybridized carbons (Fsp3) is 0.400. The molecule has 1 aromatic carbocycles. The molecule has 12 heteroatoms. The molecule has 1 aliphatic heterocycles. The molecule has 1 heterocycles. The molecule has 6 nitrogen and oxygen atoms in total. The minimum absolute atomic E-state index is 0.0421. The summed E-state index contributed by atoms with van der Waals surface area (Å²) in [6.07, 6.45) is -9.41. The molecule has 0 aliphatic carbocycles. The first-order chi connectivity index (χ1) is 12.2. The van der Waals surface area contributed by atoms with Crippen molar-refractivity contribution >= 4 is 5.97 Å². The highest BCUT2D eigenvalue weighted by molar-refractivity contribution is 5.81. The average molecular weight is 400 g/mol. The number of rotatable bonds is 4. The van der Waals surface area contributed by atoms with E-state index in [9.17, 15) is 36.2 Å². The predicted molar refractivity (Wildman–Crippen MR) is 78.8 cm³/mol. The Kier molecular flexibility index (Phi) is 5.23. The van der Waals surface area contributed by atoms with Crippen molar-refractivity contribution in [3.8, 4) is 11.5 Å². The van der Waals surface area contributed by atoms with Crippen LogP contribution in [0.3, 0.4) is 0 Å². The fourth-order valence-corrected chi connectivity index (χ4v) is 2.42. The van der Waals surface area contributed by atoms with E-state index in [0.717, 1.165) is 23.2 Å². The number of carbonyl (C=O) groups is 1. The van der Waals surface area contributed by atoms with Crippen LogP contribution in [0.25, 0.3) is 0 Å². The van der Waals surface area contributed by atoms with Gasteiger partial charge in [-0.2, -0.15) is 13.2 Å². The largest absolute Gasteiger partial charge is 0.573 e. The first kappa shape index (κ1) is 20.7. The summed E-state index contributed by atoms with van der Waals surface area (Å²) in [5.74, 6) is -2.49. The van der Waals surface area contributed by atoms with Gasteiger partial charge in [-0.25, -0.2) is 9.80 Å². The lowest BCUT2D eigenvalue weighted by atomic mass is 9.99. The Morgan fingerprint density at radius 2 is 1.89 bits per heavy atom. The van der Waals surface area contributed by atoms with Crippen molar-refractivity contribution in [3.63, 3.8) is 0 Å². The molecule has 0 spiro atoms. The van der Waals surface area contributed by atoms with Gasteiger partial charge in [-0.05, 0) is 30.7 Å². The second-order valence-corrected chi connectivity index (χ2v) is 5.80. The zero-order valence-electron chi connectivity index (χ0n) is 13.9. The third-order valence-electron chi connectivity index (χ3n) is 3.50. The van der Waals surface area contributed by atoms with E-state index in [-0.39, 0.29) is 11.3 Å². The topological polar surface area (TPSA) is 71.0 Å². The predicted octanol–water partition coefficient (Wildman–Crippen LogP) is 2.99. The lowest BCUT2D eigenvalue weighted by molar-refractivity contribution is -0.274. The highest BCUT2D eigenvalue weighted by atomic mass is 19.4. The van der Waals surface area contributed by atoms with Gasteiger partial charge in [0.15, 0.2) is 0 Å². The summed E-state index contributed by atoms with van der Waals surface area (Å²) >= 11 is 0. The summed E-state index contributed by atoms with van der Waals surface area (Å²) in [6, 6.07) is 2.78. The van der Waals surface area contributed by atoms with Crippen LogP contribution in [0.1, 0.15) is 5.56 Å². The quantitative estimate of drug-likeness (QED) is 0.758. The molecule has 2 N–H and O–H groups in total. The summed E-state index contributed by atoms with van der Waals surface area (Å²) in [5, 5.41) is 10.4. The van der Waals surface area contributed by atoms with Crippen LogP contribution < -0.4 is 14.9 Å². The molecule has 1 atom stereocenters. The standard InChI is InChI=1S/C15H14F6N2O4/c1-8-5-9(26-15(19,20)21)3-4-10(8)27-13(12(24)25)6-11(14(16,17)18)22-23(2)7-13/h3-6,22H,7H2,1-2H3,(H,24,25). The van der Waals surface area contributed by atoms with E-state index in [4.69, 9.17) is 4.74 Å². The number of aryl methyl sites for hydroxylation is 1. The number of benzene rings is 1. The van der Waals surface area contributed by atoms with Crippen molar-refractivity contribution in [2.24, 2.45) is 0 Å². The fourth-order valence-electron chi connectivity index (χ4n) is 2.42. The van der Waals surface area contributed by atoms with E-state index in [1.165, 1.54) is 14.0 Å². The number of hydrogen-bond donors (Lipinski definition) is 2. The number of aliphatic carboxylic acids is 1. The second kappa shape index (κ2) is 6.83. The first-order valence-corrected chi connectivity index (χ1v) is 7.28. The molecule has 0 saturated heterocycles. The molecular weight excluding hydrogens is 386 g/mol. The van der Waals surface area contributed by atoms with E-state index < -0.39 is 42.1 Å². The van der Waals surface area contributed by atoms with Gasteiger partial charge in [-0.1, -0.05) is 0 Å². The third-order valence-corrected chi connectivity index (χ3v) is 3.50. The Bertz CT molecular complexity index is 762. The molecule has 1 unspecified atom stereocenters. The van der Waals surface area contributed by atoms with Gasteiger partial charge in [0, 0.05) is 13.1 Å². The number of alkyl halides is 6. The molecule has 0 amide bonds.